The monoisotopic (exact) mass is 600 g/mol. The van der Waals surface area contributed by atoms with Crippen molar-refractivity contribution in [2.24, 2.45) is 0 Å². The maximum atomic E-state index is 10.3. The number of carboxylic acid groups (broad SMARTS) is 1. The van der Waals surface area contributed by atoms with Crippen LogP contribution < -0.4 is 0 Å². The molecule has 0 amide bonds. The van der Waals surface area contributed by atoms with Crippen LogP contribution in [0.4, 0.5) is 0 Å². The molecular weight excluding hydrogens is 544 g/mol. The Labute approximate surface area is 246 Å². The van der Waals surface area contributed by atoms with Gasteiger partial charge in [0.1, 0.15) is 0 Å². The first kappa shape index (κ1) is 40.0. The van der Waals surface area contributed by atoms with Crippen molar-refractivity contribution in [3.8, 4) is 0 Å². The van der Waals surface area contributed by atoms with Gasteiger partial charge in [-0.3, -0.25) is 4.79 Å². The summed E-state index contributed by atoms with van der Waals surface area (Å²) in [7, 11) is 0. The number of carbonyl (C=O) groups is 1. The van der Waals surface area contributed by atoms with Gasteiger partial charge in [0.05, 0.1) is 145 Å². The molecule has 0 radical (unpaired) electrons. The number of hydrogen-bond donors (Lipinski definition) is 1. The number of carboxylic acids is 1. The molecule has 0 aromatic heterocycles. The molecular formula is C28H56O13. The van der Waals surface area contributed by atoms with Crippen molar-refractivity contribution < 1.29 is 62.0 Å². The average molecular weight is 601 g/mol. The third kappa shape index (κ3) is 39.0. The van der Waals surface area contributed by atoms with E-state index in [9.17, 15) is 4.79 Å². The van der Waals surface area contributed by atoms with Gasteiger partial charge in [0.2, 0.25) is 0 Å². The van der Waals surface area contributed by atoms with E-state index in [1.165, 1.54) is 12.8 Å². The predicted octanol–water partition coefficient (Wildman–Crippen LogP) is 1.83. The highest BCUT2D eigenvalue weighted by atomic mass is 16.6. The molecule has 0 aliphatic rings. The summed E-state index contributed by atoms with van der Waals surface area (Å²) in [6, 6.07) is 0. The molecule has 13 heteroatoms. The fourth-order valence-electron chi connectivity index (χ4n) is 2.91. The summed E-state index contributed by atoms with van der Waals surface area (Å²) < 4.78 is 59.4. The summed E-state index contributed by atoms with van der Waals surface area (Å²) >= 11 is 0. The Kier molecular flexibility index (Phi) is 36.2. The smallest absolute Gasteiger partial charge is 0.305 e. The van der Waals surface area contributed by atoms with Crippen LogP contribution >= 0.6 is 0 Å². The molecule has 0 saturated carbocycles. The topological polar surface area (TPSA) is 139 Å². The molecule has 0 unspecified atom stereocenters. The highest BCUT2D eigenvalue weighted by molar-refractivity contribution is 5.66. The first-order valence-electron chi connectivity index (χ1n) is 14.8. The number of hydrogen-bond acceptors (Lipinski definition) is 12. The lowest BCUT2D eigenvalue weighted by molar-refractivity contribution is -0.138. The zero-order chi connectivity index (χ0) is 29.7. The molecule has 0 saturated heterocycles. The van der Waals surface area contributed by atoms with Crippen molar-refractivity contribution in [2.45, 2.75) is 32.6 Å². The second-order valence-electron chi connectivity index (χ2n) is 8.59. The molecule has 0 aliphatic carbocycles. The first-order chi connectivity index (χ1) is 20.3. The van der Waals surface area contributed by atoms with E-state index in [1.807, 2.05) is 0 Å². The maximum absolute atomic E-state index is 10.3. The van der Waals surface area contributed by atoms with Gasteiger partial charge in [-0.05, 0) is 6.42 Å². The van der Waals surface area contributed by atoms with Crippen molar-refractivity contribution in [3.63, 3.8) is 0 Å². The fraction of sp³-hybridized carbons (Fsp3) is 0.964. The minimum absolute atomic E-state index is 0.000647. The number of rotatable bonds is 37. The minimum Gasteiger partial charge on any atom is -0.481 e. The van der Waals surface area contributed by atoms with Gasteiger partial charge in [0, 0.05) is 6.61 Å². The van der Waals surface area contributed by atoms with E-state index in [-0.39, 0.29) is 13.0 Å². The van der Waals surface area contributed by atoms with Gasteiger partial charge < -0.3 is 57.2 Å². The number of ether oxygens (including phenoxy) is 11. The highest BCUT2D eigenvalue weighted by Gasteiger charge is 1.98. The number of aliphatic carboxylic acids is 1. The zero-order valence-electron chi connectivity index (χ0n) is 25.2. The van der Waals surface area contributed by atoms with Gasteiger partial charge in [0.25, 0.3) is 0 Å². The standard InChI is InChI=1S/C28H56O13/c1-2-3-4-6-31-8-10-33-12-14-35-16-18-37-20-22-39-24-26-41-27-25-40-23-21-38-19-17-36-15-13-34-11-9-32-7-5-28(29)30/h2-27H2,1H3,(H,29,30). The van der Waals surface area contributed by atoms with E-state index < -0.39 is 5.97 Å². The Morgan fingerprint density at radius 2 is 0.585 bits per heavy atom. The second-order valence-corrected chi connectivity index (χ2v) is 8.59. The van der Waals surface area contributed by atoms with Crippen LogP contribution in [0.1, 0.15) is 32.6 Å². The van der Waals surface area contributed by atoms with Gasteiger partial charge >= 0.3 is 5.97 Å². The molecule has 41 heavy (non-hydrogen) atoms. The van der Waals surface area contributed by atoms with Crippen molar-refractivity contribution in [3.05, 3.63) is 0 Å². The molecule has 0 spiro atoms. The van der Waals surface area contributed by atoms with E-state index in [2.05, 4.69) is 6.92 Å². The van der Waals surface area contributed by atoms with Crippen LogP contribution in [0.25, 0.3) is 0 Å². The van der Waals surface area contributed by atoms with Crippen molar-refractivity contribution in [2.75, 3.05) is 145 Å². The SMILES string of the molecule is CCCCCOCCOCCOCCOCCOCCOCCOCCOCCOCCOCCOCCC(=O)O. The summed E-state index contributed by atoms with van der Waals surface area (Å²) in [6.07, 6.45) is 3.53. The van der Waals surface area contributed by atoms with Gasteiger partial charge in [-0.1, -0.05) is 19.8 Å². The van der Waals surface area contributed by atoms with Crippen molar-refractivity contribution in [1.82, 2.24) is 0 Å². The Morgan fingerprint density at radius 1 is 0.366 bits per heavy atom. The first-order valence-corrected chi connectivity index (χ1v) is 14.8. The Balaban J connectivity index is 3.03. The van der Waals surface area contributed by atoms with Gasteiger partial charge in [-0.2, -0.15) is 0 Å². The summed E-state index contributed by atoms with van der Waals surface area (Å²) in [4.78, 5) is 10.3. The fourth-order valence-corrected chi connectivity index (χ4v) is 2.91. The van der Waals surface area contributed by atoms with Crippen LogP contribution in [-0.2, 0) is 56.9 Å². The van der Waals surface area contributed by atoms with Crippen LogP contribution in [0.5, 0.6) is 0 Å². The quantitative estimate of drug-likeness (QED) is 0.104. The van der Waals surface area contributed by atoms with Crippen LogP contribution in [-0.4, -0.2) is 156 Å². The minimum atomic E-state index is -0.872. The van der Waals surface area contributed by atoms with Crippen LogP contribution in [0.3, 0.4) is 0 Å². The normalized spacial score (nSPS) is 11.4. The second kappa shape index (κ2) is 37.1. The lowest BCUT2D eigenvalue weighted by Crippen LogP contribution is -2.15. The summed E-state index contributed by atoms with van der Waals surface area (Å²) in [5.74, 6) is -0.872. The molecule has 0 heterocycles. The van der Waals surface area contributed by atoms with Gasteiger partial charge in [-0.15, -0.1) is 0 Å². The van der Waals surface area contributed by atoms with Crippen LogP contribution in [0, 0.1) is 0 Å². The maximum Gasteiger partial charge on any atom is 0.305 e. The Hall–Kier alpha value is -0.970. The Bertz CT molecular complexity index is 500. The predicted molar refractivity (Wildman–Crippen MR) is 151 cm³/mol. The van der Waals surface area contributed by atoms with Crippen LogP contribution in [0.15, 0.2) is 0 Å². The lowest BCUT2D eigenvalue weighted by Gasteiger charge is -2.09. The van der Waals surface area contributed by atoms with E-state index in [0.29, 0.717) is 132 Å². The summed E-state index contributed by atoms with van der Waals surface area (Å²) in [5.41, 5.74) is 0. The van der Waals surface area contributed by atoms with E-state index in [0.717, 1.165) is 13.0 Å². The molecule has 0 bridgehead atoms. The third-order valence-corrected chi connectivity index (χ3v) is 5.07. The molecule has 0 atom stereocenters. The van der Waals surface area contributed by atoms with Crippen molar-refractivity contribution in [1.29, 1.82) is 0 Å². The van der Waals surface area contributed by atoms with Crippen LogP contribution in [0.2, 0.25) is 0 Å². The number of unbranched alkanes of at least 4 members (excludes halogenated alkanes) is 2. The third-order valence-electron chi connectivity index (χ3n) is 5.07. The van der Waals surface area contributed by atoms with E-state index >= 15 is 0 Å². The molecule has 246 valence electrons. The average Bonchev–Trinajstić information content (AvgIpc) is 2.97. The van der Waals surface area contributed by atoms with E-state index in [1.54, 1.807) is 0 Å². The summed E-state index contributed by atoms with van der Waals surface area (Å²) in [5, 5.41) is 8.48. The molecule has 0 aliphatic heterocycles. The molecule has 13 nitrogen and oxygen atoms in total. The summed E-state index contributed by atoms with van der Waals surface area (Å²) in [6.45, 7) is 13.3. The van der Waals surface area contributed by atoms with Crippen molar-refractivity contribution >= 4 is 5.97 Å². The van der Waals surface area contributed by atoms with Gasteiger partial charge in [0.15, 0.2) is 0 Å². The molecule has 0 rings (SSSR count). The highest BCUT2D eigenvalue weighted by Crippen LogP contribution is 1.94. The van der Waals surface area contributed by atoms with E-state index in [4.69, 9.17) is 57.2 Å². The Morgan fingerprint density at radius 3 is 0.805 bits per heavy atom. The molecule has 0 aromatic rings. The zero-order valence-corrected chi connectivity index (χ0v) is 25.2. The van der Waals surface area contributed by atoms with Gasteiger partial charge in [-0.25, -0.2) is 0 Å². The largest absolute Gasteiger partial charge is 0.481 e. The lowest BCUT2D eigenvalue weighted by atomic mass is 10.3. The molecule has 1 N–H and O–H groups in total. The molecule has 0 aromatic carbocycles. The molecule has 0 fully saturated rings.